The van der Waals surface area contributed by atoms with Crippen molar-refractivity contribution in [1.29, 1.82) is 0 Å². The van der Waals surface area contributed by atoms with Gasteiger partial charge in [-0.1, -0.05) is 29.3 Å². The van der Waals surface area contributed by atoms with Crippen molar-refractivity contribution in [1.82, 2.24) is 0 Å². The van der Waals surface area contributed by atoms with E-state index in [2.05, 4.69) is 0 Å². The van der Waals surface area contributed by atoms with Gasteiger partial charge in [-0.25, -0.2) is 0 Å². The van der Waals surface area contributed by atoms with Crippen LogP contribution >= 0.6 is 23.2 Å². The Kier molecular flexibility index (Phi) is 3.16. The molecule has 0 amide bonds. The highest BCUT2D eigenvalue weighted by Crippen LogP contribution is 2.21. The number of hydrogen-bond donors (Lipinski definition) is 0. The van der Waals surface area contributed by atoms with Crippen LogP contribution in [0.4, 0.5) is 4.39 Å². The van der Waals surface area contributed by atoms with Crippen molar-refractivity contribution < 1.29 is 4.39 Å². The third-order valence-electron chi connectivity index (χ3n) is 1.38. The van der Waals surface area contributed by atoms with Crippen LogP contribution < -0.4 is 0 Å². The standard InChI is InChI=1S/C8H7Cl2F/c9-7-2-1-6(3-4-11)8(10)5-7/h1-2,5H,3-4H2. The van der Waals surface area contributed by atoms with E-state index in [9.17, 15) is 4.39 Å². The zero-order valence-corrected chi connectivity index (χ0v) is 7.29. The van der Waals surface area contributed by atoms with E-state index >= 15 is 0 Å². The lowest BCUT2D eigenvalue weighted by atomic mass is 10.2. The minimum absolute atomic E-state index is 0.357. The predicted octanol–water partition coefficient (Wildman–Crippen LogP) is 3.51. The van der Waals surface area contributed by atoms with Crippen molar-refractivity contribution >= 4 is 23.2 Å². The second kappa shape index (κ2) is 3.93. The average molecular weight is 193 g/mol. The van der Waals surface area contributed by atoms with Gasteiger partial charge in [-0.3, -0.25) is 4.39 Å². The Morgan fingerprint density at radius 3 is 2.55 bits per heavy atom. The maximum Gasteiger partial charge on any atom is 0.0935 e. The van der Waals surface area contributed by atoms with Crippen LogP contribution in [-0.4, -0.2) is 6.67 Å². The molecule has 0 heterocycles. The average Bonchev–Trinajstić information content (AvgIpc) is 1.95. The molecule has 1 aromatic rings. The monoisotopic (exact) mass is 192 g/mol. The van der Waals surface area contributed by atoms with E-state index in [0.717, 1.165) is 5.56 Å². The minimum Gasteiger partial charge on any atom is -0.251 e. The zero-order chi connectivity index (χ0) is 8.27. The quantitative estimate of drug-likeness (QED) is 0.674. The first-order chi connectivity index (χ1) is 5.24. The molecule has 3 heteroatoms. The van der Waals surface area contributed by atoms with Crippen LogP contribution in [0.2, 0.25) is 10.0 Å². The lowest BCUT2D eigenvalue weighted by Gasteiger charge is -2.00. The Morgan fingerprint density at radius 1 is 1.27 bits per heavy atom. The summed E-state index contributed by atoms with van der Waals surface area (Å²) < 4.78 is 11.9. The normalized spacial score (nSPS) is 10.1. The highest BCUT2D eigenvalue weighted by Gasteiger charge is 1.99. The van der Waals surface area contributed by atoms with Gasteiger partial charge in [0.15, 0.2) is 0 Å². The molecular weight excluding hydrogens is 186 g/mol. The Labute approximate surface area is 74.9 Å². The molecule has 0 aromatic heterocycles. The van der Waals surface area contributed by atoms with Crippen molar-refractivity contribution in [2.45, 2.75) is 6.42 Å². The fourth-order valence-electron chi connectivity index (χ4n) is 0.826. The molecule has 11 heavy (non-hydrogen) atoms. The van der Waals surface area contributed by atoms with E-state index in [1.165, 1.54) is 0 Å². The summed E-state index contributed by atoms with van der Waals surface area (Å²) in [6, 6.07) is 5.07. The van der Waals surface area contributed by atoms with Gasteiger partial charge in [0.2, 0.25) is 0 Å². The number of rotatable bonds is 2. The number of benzene rings is 1. The maximum atomic E-state index is 11.9. The Hall–Kier alpha value is -0.270. The molecular formula is C8H7Cl2F. The SMILES string of the molecule is FCCc1ccc(Cl)cc1Cl. The summed E-state index contributed by atoms with van der Waals surface area (Å²) in [5, 5.41) is 1.12. The Balaban J connectivity index is 2.90. The first kappa shape index (κ1) is 8.82. The lowest BCUT2D eigenvalue weighted by Crippen LogP contribution is -1.87. The molecule has 1 rings (SSSR count). The summed E-state index contributed by atoms with van der Waals surface area (Å²) in [5.41, 5.74) is 0.804. The van der Waals surface area contributed by atoms with E-state index < -0.39 is 0 Å². The molecule has 0 aliphatic rings. The van der Waals surface area contributed by atoms with Crippen LogP contribution in [0.25, 0.3) is 0 Å². The van der Waals surface area contributed by atoms with Crippen molar-refractivity contribution in [3.63, 3.8) is 0 Å². The molecule has 0 aliphatic heterocycles. The summed E-state index contributed by atoms with van der Waals surface area (Å²) in [7, 11) is 0. The molecule has 1 aromatic carbocycles. The van der Waals surface area contributed by atoms with E-state index in [1.807, 2.05) is 0 Å². The summed E-state index contributed by atoms with van der Waals surface area (Å²) in [5.74, 6) is 0. The van der Waals surface area contributed by atoms with Gasteiger partial charge >= 0.3 is 0 Å². The first-order valence-electron chi connectivity index (χ1n) is 3.24. The van der Waals surface area contributed by atoms with Gasteiger partial charge in [-0.15, -0.1) is 0 Å². The van der Waals surface area contributed by atoms with Crippen LogP contribution in [-0.2, 0) is 6.42 Å². The second-order valence-corrected chi connectivity index (χ2v) is 3.02. The fraction of sp³-hybridized carbons (Fsp3) is 0.250. The third kappa shape index (κ3) is 2.35. The van der Waals surface area contributed by atoms with Crippen LogP contribution in [0.3, 0.4) is 0 Å². The summed E-state index contributed by atoms with van der Waals surface area (Å²) >= 11 is 11.4. The Morgan fingerprint density at radius 2 is 2.00 bits per heavy atom. The predicted molar refractivity (Wildman–Crippen MR) is 46.1 cm³/mol. The van der Waals surface area contributed by atoms with Gasteiger partial charge in [0.05, 0.1) is 6.67 Å². The lowest BCUT2D eigenvalue weighted by molar-refractivity contribution is 0.495. The van der Waals surface area contributed by atoms with Gasteiger partial charge in [0, 0.05) is 16.5 Å². The molecule has 0 atom stereocenters. The highest BCUT2D eigenvalue weighted by atomic mass is 35.5. The maximum absolute atomic E-state index is 11.9. The molecule has 0 saturated carbocycles. The summed E-state index contributed by atoms with van der Waals surface area (Å²) in [6.07, 6.45) is 0.357. The number of alkyl halides is 1. The molecule has 0 nitrogen and oxygen atoms in total. The van der Waals surface area contributed by atoms with E-state index in [1.54, 1.807) is 18.2 Å². The number of halogens is 3. The van der Waals surface area contributed by atoms with Crippen LogP contribution in [0.5, 0.6) is 0 Å². The molecule has 0 N–H and O–H groups in total. The van der Waals surface area contributed by atoms with Gasteiger partial charge in [-0.2, -0.15) is 0 Å². The highest BCUT2D eigenvalue weighted by molar-refractivity contribution is 6.35. The summed E-state index contributed by atoms with van der Waals surface area (Å²) in [6.45, 7) is -0.388. The number of aryl methyl sites for hydroxylation is 1. The molecule has 0 saturated heterocycles. The van der Waals surface area contributed by atoms with Crippen LogP contribution in [0.1, 0.15) is 5.56 Å². The van der Waals surface area contributed by atoms with E-state index in [-0.39, 0.29) is 6.67 Å². The molecule has 0 fully saturated rings. The molecule has 0 radical (unpaired) electrons. The largest absolute Gasteiger partial charge is 0.251 e. The van der Waals surface area contributed by atoms with E-state index in [0.29, 0.717) is 16.5 Å². The molecule has 60 valence electrons. The van der Waals surface area contributed by atoms with Crippen LogP contribution in [0, 0.1) is 0 Å². The second-order valence-electron chi connectivity index (χ2n) is 2.17. The molecule has 0 bridgehead atoms. The van der Waals surface area contributed by atoms with Gasteiger partial charge < -0.3 is 0 Å². The van der Waals surface area contributed by atoms with Gasteiger partial charge in [0.1, 0.15) is 0 Å². The fourth-order valence-corrected chi connectivity index (χ4v) is 1.33. The Bertz CT molecular complexity index is 248. The molecule has 0 spiro atoms. The molecule has 0 aliphatic carbocycles. The number of hydrogen-bond acceptors (Lipinski definition) is 0. The van der Waals surface area contributed by atoms with Crippen molar-refractivity contribution in [3.8, 4) is 0 Å². The van der Waals surface area contributed by atoms with E-state index in [4.69, 9.17) is 23.2 Å². The molecule has 0 unspecified atom stereocenters. The van der Waals surface area contributed by atoms with Crippen molar-refractivity contribution in [2.75, 3.05) is 6.67 Å². The van der Waals surface area contributed by atoms with Crippen molar-refractivity contribution in [2.24, 2.45) is 0 Å². The summed E-state index contributed by atoms with van der Waals surface area (Å²) in [4.78, 5) is 0. The van der Waals surface area contributed by atoms with Gasteiger partial charge in [-0.05, 0) is 17.7 Å². The minimum atomic E-state index is -0.388. The zero-order valence-electron chi connectivity index (χ0n) is 5.78. The van der Waals surface area contributed by atoms with Crippen LogP contribution in [0.15, 0.2) is 18.2 Å². The first-order valence-corrected chi connectivity index (χ1v) is 3.99. The van der Waals surface area contributed by atoms with Crippen molar-refractivity contribution in [3.05, 3.63) is 33.8 Å². The smallest absolute Gasteiger partial charge is 0.0935 e. The third-order valence-corrected chi connectivity index (χ3v) is 1.97. The topological polar surface area (TPSA) is 0 Å². The van der Waals surface area contributed by atoms with Gasteiger partial charge in [0.25, 0.3) is 0 Å².